The van der Waals surface area contributed by atoms with Crippen molar-refractivity contribution in [3.8, 4) is 16.9 Å². The molecule has 2 aromatic carbocycles. The van der Waals surface area contributed by atoms with Gasteiger partial charge in [-0.05, 0) is 81.2 Å². The first-order valence-corrected chi connectivity index (χ1v) is 11.9. The molecule has 2 N–H and O–H groups in total. The van der Waals surface area contributed by atoms with Crippen molar-refractivity contribution >= 4 is 40.8 Å². The van der Waals surface area contributed by atoms with E-state index in [-0.39, 0.29) is 12.5 Å². The molecule has 0 radical (unpaired) electrons. The summed E-state index contributed by atoms with van der Waals surface area (Å²) in [6.07, 6.45) is 4.04. The summed E-state index contributed by atoms with van der Waals surface area (Å²) in [7, 11) is 0. The number of amides is 1. The highest BCUT2D eigenvalue weighted by Gasteiger charge is 2.32. The van der Waals surface area contributed by atoms with Gasteiger partial charge in [0.1, 0.15) is 0 Å². The predicted octanol–water partition coefficient (Wildman–Crippen LogP) is 5.11. The smallest absolute Gasteiger partial charge is 0.246 e. The molecule has 1 saturated carbocycles. The van der Waals surface area contributed by atoms with E-state index < -0.39 is 0 Å². The van der Waals surface area contributed by atoms with Crippen molar-refractivity contribution in [3.63, 3.8) is 0 Å². The minimum atomic E-state index is -0.152. The molecule has 4 rings (SSSR count). The summed E-state index contributed by atoms with van der Waals surface area (Å²) < 4.78 is 1.92. The number of hydrogen-bond donors (Lipinski definition) is 2. The first kappa shape index (κ1) is 23.3. The fourth-order valence-corrected chi connectivity index (χ4v) is 4.11. The molecule has 8 heteroatoms. The van der Waals surface area contributed by atoms with Gasteiger partial charge in [0.15, 0.2) is 5.11 Å². The maximum Gasteiger partial charge on any atom is 0.246 e. The Bertz CT molecular complexity index is 1170. The molecule has 0 unspecified atom stereocenters. The van der Waals surface area contributed by atoms with Crippen LogP contribution in [0.15, 0.2) is 48.7 Å². The van der Waals surface area contributed by atoms with E-state index in [9.17, 15) is 4.79 Å². The molecule has 1 aromatic heterocycles. The maximum atomic E-state index is 13.0. The minimum Gasteiger partial charge on any atom is -0.363 e. The topological polar surface area (TPSA) is 62.2 Å². The number of anilines is 1. The lowest BCUT2D eigenvalue weighted by molar-refractivity contribution is -0.116. The van der Waals surface area contributed by atoms with Crippen LogP contribution in [-0.2, 0) is 4.79 Å². The number of aryl methyl sites for hydroxylation is 2. The van der Waals surface area contributed by atoms with E-state index in [1.807, 2.05) is 52.9 Å². The third kappa shape index (κ3) is 5.54. The monoisotopic (exact) mass is 481 g/mol. The predicted molar refractivity (Wildman–Crippen MR) is 138 cm³/mol. The van der Waals surface area contributed by atoms with Crippen molar-refractivity contribution in [2.24, 2.45) is 0 Å². The molecule has 3 aromatic rings. The van der Waals surface area contributed by atoms with Gasteiger partial charge in [0, 0.05) is 35.1 Å². The summed E-state index contributed by atoms with van der Waals surface area (Å²) in [6, 6.07) is 14.0. The number of thiocarbonyl (C=S) groups is 1. The molecule has 1 amide bonds. The van der Waals surface area contributed by atoms with E-state index in [1.54, 1.807) is 0 Å². The Morgan fingerprint density at radius 1 is 1.18 bits per heavy atom. The Hall–Kier alpha value is -2.90. The summed E-state index contributed by atoms with van der Waals surface area (Å²) in [4.78, 5) is 19.8. The highest BCUT2D eigenvalue weighted by molar-refractivity contribution is 7.80. The number of rotatable bonds is 7. The fraction of sp³-hybridized carbons (Fsp3) is 0.320. The summed E-state index contributed by atoms with van der Waals surface area (Å²) >= 11 is 11.5. The van der Waals surface area contributed by atoms with E-state index in [2.05, 4.69) is 36.6 Å². The third-order valence-corrected chi connectivity index (χ3v) is 6.39. The van der Waals surface area contributed by atoms with Gasteiger partial charge in [-0.15, -0.1) is 0 Å². The van der Waals surface area contributed by atoms with Crippen molar-refractivity contribution in [1.82, 2.24) is 19.8 Å². The molecule has 1 fully saturated rings. The highest BCUT2D eigenvalue weighted by Crippen LogP contribution is 2.28. The molecule has 0 saturated heterocycles. The van der Waals surface area contributed by atoms with Crippen LogP contribution in [0.5, 0.6) is 0 Å². The van der Waals surface area contributed by atoms with Crippen molar-refractivity contribution in [1.29, 1.82) is 0 Å². The van der Waals surface area contributed by atoms with Gasteiger partial charge in [-0.2, -0.15) is 0 Å². The van der Waals surface area contributed by atoms with Crippen LogP contribution in [-0.4, -0.2) is 44.6 Å². The van der Waals surface area contributed by atoms with Crippen LogP contribution in [0.3, 0.4) is 0 Å². The molecule has 33 heavy (non-hydrogen) atoms. The van der Waals surface area contributed by atoms with E-state index in [0.717, 1.165) is 36.3 Å². The van der Waals surface area contributed by atoms with E-state index >= 15 is 0 Å². The number of carbonyl (C=O) groups excluding carboxylic acids is 1. The molecule has 1 aliphatic rings. The molecule has 6 nitrogen and oxygen atoms in total. The highest BCUT2D eigenvalue weighted by atomic mass is 35.5. The standard InChI is InChI=1S/C25H28ClN5OS/c1-4-27-25(33)31(20-11-12-20)15-23(32)29-24-28-22(18-6-8-19(26)9-7-18)14-30(24)21-10-5-16(2)17(3)13-21/h5-10,13-14,20H,4,11-12,15H2,1-3H3,(H,27,33)(H,28,29,32). The van der Waals surface area contributed by atoms with Crippen LogP contribution in [0.2, 0.25) is 5.02 Å². The molecule has 1 aliphatic carbocycles. The molecule has 0 spiro atoms. The van der Waals surface area contributed by atoms with Crippen LogP contribution < -0.4 is 10.6 Å². The number of nitrogens with zero attached hydrogens (tertiary/aromatic N) is 3. The maximum absolute atomic E-state index is 13.0. The Morgan fingerprint density at radius 2 is 1.91 bits per heavy atom. The van der Waals surface area contributed by atoms with E-state index in [0.29, 0.717) is 22.1 Å². The SMILES string of the molecule is CCNC(=S)N(CC(=O)Nc1nc(-c2ccc(Cl)cc2)cn1-c1ccc(C)c(C)c1)C1CC1. The van der Waals surface area contributed by atoms with Gasteiger partial charge < -0.3 is 10.2 Å². The zero-order valence-corrected chi connectivity index (χ0v) is 20.6. The zero-order chi connectivity index (χ0) is 23.5. The van der Waals surface area contributed by atoms with Crippen molar-refractivity contribution in [2.45, 2.75) is 39.7 Å². The second-order valence-corrected chi connectivity index (χ2v) is 9.16. The van der Waals surface area contributed by atoms with E-state index in [4.69, 9.17) is 28.8 Å². The second-order valence-electron chi connectivity index (χ2n) is 8.34. The van der Waals surface area contributed by atoms with Crippen LogP contribution in [0.1, 0.15) is 30.9 Å². The molecule has 0 aliphatic heterocycles. The average Bonchev–Trinajstić information content (AvgIpc) is 3.55. The third-order valence-electron chi connectivity index (χ3n) is 5.76. The number of hydrogen-bond acceptors (Lipinski definition) is 3. The Kier molecular flexibility index (Phi) is 7.00. The lowest BCUT2D eigenvalue weighted by atomic mass is 10.1. The first-order chi connectivity index (χ1) is 15.9. The van der Waals surface area contributed by atoms with Crippen LogP contribution >= 0.6 is 23.8 Å². The van der Waals surface area contributed by atoms with Crippen molar-refractivity contribution < 1.29 is 4.79 Å². The fourth-order valence-electron chi connectivity index (χ4n) is 3.63. The van der Waals surface area contributed by atoms with Crippen LogP contribution in [0.4, 0.5) is 5.95 Å². The number of halogens is 1. The summed E-state index contributed by atoms with van der Waals surface area (Å²) in [6.45, 7) is 7.06. The number of nitrogens with one attached hydrogen (secondary N) is 2. The van der Waals surface area contributed by atoms with Crippen LogP contribution in [0, 0.1) is 13.8 Å². The molecule has 172 valence electrons. The van der Waals surface area contributed by atoms with Crippen molar-refractivity contribution in [2.75, 3.05) is 18.4 Å². The molecule has 0 bridgehead atoms. The van der Waals surface area contributed by atoms with Gasteiger partial charge in [0.2, 0.25) is 11.9 Å². The molecule has 1 heterocycles. The Labute approximate surface area is 205 Å². The normalized spacial score (nSPS) is 13.0. The van der Waals surface area contributed by atoms with Crippen molar-refractivity contribution in [3.05, 3.63) is 64.8 Å². The van der Waals surface area contributed by atoms with E-state index in [1.165, 1.54) is 11.1 Å². The lowest BCUT2D eigenvalue weighted by Gasteiger charge is -2.24. The Morgan fingerprint density at radius 3 is 2.55 bits per heavy atom. The van der Waals surface area contributed by atoms with Crippen LogP contribution in [0.25, 0.3) is 16.9 Å². The van der Waals surface area contributed by atoms with Gasteiger partial charge in [-0.25, -0.2) is 4.98 Å². The summed E-state index contributed by atoms with van der Waals surface area (Å²) in [5.41, 5.74) is 4.98. The molecular formula is C25H28ClN5OS. The average molecular weight is 482 g/mol. The van der Waals surface area contributed by atoms with Gasteiger partial charge >= 0.3 is 0 Å². The van der Waals surface area contributed by atoms with Gasteiger partial charge in [-0.3, -0.25) is 14.7 Å². The number of benzene rings is 2. The zero-order valence-electron chi connectivity index (χ0n) is 19.1. The second kappa shape index (κ2) is 9.93. The minimum absolute atomic E-state index is 0.152. The number of aromatic nitrogens is 2. The first-order valence-electron chi connectivity index (χ1n) is 11.1. The summed E-state index contributed by atoms with van der Waals surface area (Å²) in [5.74, 6) is 0.318. The molecular weight excluding hydrogens is 454 g/mol. The summed E-state index contributed by atoms with van der Waals surface area (Å²) in [5, 5.41) is 7.46. The Balaban J connectivity index is 1.63. The number of carbonyl (C=O) groups is 1. The van der Waals surface area contributed by atoms with Gasteiger partial charge in [0.25, 0.3) is 0 Å². The van der Waals surface area contributed by atoms with Gasteiger partial charge in [0.05, 0.1) is 12.2 Å². The van der Waals surface area contributed by atoms with Gasteiger partial charge in [-0.1, -0.05) is 29.8 Å². The number of imidazole rings is 1. The quantitative estimate of drug-likeness (QED) is 0.459. The molecule has 0 atom stereocenters. The largest absolute Gasteiger partial charge is 0.363 e. The lowest BCUT2D eigenvalue weighted by Crippen LogP contribution is -2.45.